The first-order valence-corrected chi connectivity index (χ1v) is 9.05. The maximum absolute atomic E-state index is 13.3. The van der Waals surface area contributed by atoms with Crippen LogP contribution in [0.15, 0.2) is 51.9 Å². The van der Waals surface area contributed by atoms with Gasteiger partial charge in [0.15, 0.2) is 0 Å². The van der Waals surface area contributed by atoms with Gasteiger partial charge in [0.2, 0.25) is 21.7 Å². The summed E-state index contributed by atoms with van der Waals surface area (Å²) in [5, 5.41) is 4.38. The van der Waals surface area contributed by atoms with Crippen molar-refractivity contribution in [3.63, 3.8) is 0 Å². The van der Waals surface area contributed by atoms with Crippen molar-refractivity contribution in [3.8, 4) is 11.4 Å². The van der Waals surface area contributed by atoms with Gasteiger partial charge in [0.1, 0.15) is 5.82 Å². The summed E-state index contributed by atoms with van der Waals surface area (Å²) in [6, 6.07) is 10.4. The van der Waals surface area contributed by atoms with E-state index in [1.165, 1.54) is 19.1 Å². The molecule has 0 bridgehead atoms. The van der Waals surface area contributed by atoms with Crippen molar-refractivity contribution in [2.75, 3.05) is 0 Å². The van der Waals surface area contributed by atoms with Gasteiger partial charge in [-0.25, -0.2) is 17.5 Å². The van der Waals surface area contributed by atoms with Gasteiger partial charge in [-0.2, -0.15) is 4.98 Å². The second-order valence-electron chi connectivity index (χ2n) is 5.25. The fraction of sp³-hybridized carbons (Fsp3) is 0.125. The molecule has 0 saturated heterocycles. The molecule has 2 aromatic carbocycles. The Bertz CT molecular complexity index is 1000. The van der Waals surface area contributed by atoms with E-state index >= 15 is 0 Å². The molecule has 0 atom stereocenters. The van der Waals surface area contributed by atoms with Crippen LogP contribution in [0, 0.1) is 12.7 Å². The molecule has 1 N–H and O–H groups in total. The molecule has 1 aromatic heterocycles. The third-order valence-corrected chi connectivity index (χ3v) is 5.07. The summed E-state index contributed by atoms with van der Waals surface area (Å²) in [6.07, 6.45) is 0. The first-order chi connectivity index (χ1) is 11.8. The van der Waals surface area contributed by atoms with Crippen LogP contribution in [-0.2, 0) is 16.6 Å². The highest BCUT2D eigenvalue weighted by Crippen LogP contribution is 2.19. The lowest BCUT2D eigenvalue weighted by Crippen LogP contribution is -2.23. The molecule has 0 unspecified atom stereocenters. The van der Waals surface area contributed by atoms with Crippen LogP contribution in [0.2, 0.25) is 5.02 Å². The van der Waals surface area contributed by atoms with Gasteiger partial charge >= 0.3 is 0 Å². The molecule has 0 aliphatic rings. The summed E-state index contributed by atoms with van der Waals surface area (Å²) in [5.41, 5.74) is 0.933. The van der Waals surface area contributed by atoms with E-state index in [1.807, 2.05) is 0 Å². The third kappa shape index (κ3) is 4.04. The molecule has 25 heavy (non-hydrogen) atoms. The highest BCUT2D eigenvalue weighted by atomic mass is 35.5. The highest BCUT2D eigenvalue weighted by Gasteiger charge is 2.17. The van der Waals surface area contributed by atoms with Crippen LogP contribution < -0.4 is 4.72 Å². The number of rotatable bonds is 5. The maximum Gasteiger partial charge on any atom is 0.242 e. The molecule has 0 spiro atoms. The van der Waals surface area contributed by atoms with E-state index < -0.39 is 15.8 Å². The molecule has 0 radical (unpaired) electrons. The Morgan fingerprint density at radius 1 is 1.20 bits per heavy atom. The standard InChI is InChI=1S/C16H13ClFN3O3S/c1-10-8-13(6-7-14(10)18)25(22,23)19-9-15-20-16(21-24-15)11-2-4-12(17)5-3-11/h2-8,19H,9H2,1H3. The van der Waals surface area contributed by atoms with Crippen LogP contribution >= 0.6 is 11.6 Å². The molecule has 0 fully saturated rings. The van der Waals surface area contributed by atoms with Crippen LogP contribution in [0.1, 0.15) is 11.5 Å². The minimum atomic E-state index is -3.82. The molecule has 0 aliphatic heterocycles. The van der Waals surface area contributed by atoms with Gasteiger partial charge in [0, 0.05) is 10.6 Å². The van der Waals surface area contributed by atoms with E-state index in [0.29, 0.717) is 16.4 Å². The normalized spacial score (nSPS) is 11.6. The van der Waals surface area contributed by atoms with Gasteiger partial charge in [-0.05, 0) is 55.0 Å². The average molecular weight is 382 g/mol. The van der Waals surface area contributed by atoms with Crippen molar-refractivity contribution >= 4 is 21.6 Å². The van der Waals surface area contributed by atoms with Crippen LogP contribution in [0.3, 0.4) is 0 Å². The lowest BCUT2D eigenvalue weighted by molar-refractivity contribution is 0.376. The van der Waals surface area contributed by atoms with Crippen molar-refractivity contribution in [2.24, 2.45) is 0 Å². The van der Waals surface area contributed by atoms with E-state index in [1.54, 1.807) is 24.3 Å². The molecular formula is C16H13ClFN3O3S. The van der Waals surface area contributed by atoms with Gasteiger partial charge in [-0.3, -0.25) is 0 Å². The molecule has 1 heterocycles. The molecule has 0 amide bonds. The first-order valence-electron chi connectivity index (χ1n) is 7.19. The molecular weight excluding hydrogens is 369 g/mol. The summed E-state index contributed by atoms with van der Waals surface area (Å²) in [5.74, 6) is -0.0423. The van der Waals surface area contributed by atoms with Crippen LogP contribution in [0.4, 0.5) is 4.39 Å². The van der Waals surface area contributed by atoms with Gasteiger partial charge in [-0.1, -0.05) is 16.8 Å². The largest absolute Gasteiger partial charge is 0.338 e. The number of aromatic nitrogens is 2. The summed E-state index contributed by atoms with van der Waals surface area (Å²) in [7, 11) is -3.82. The fourth-order valence-corrected chi connectivity index (χ4v) is 3.25. The first kappa shape index (κ1) is 17.5. The maximum atomic E-state index is 13.3. The summed E-state index contributed by atoms with van der Waals surface area (Å²) >= 11 is 5.82. The predicted molar refractivity (Wildman–Crippen MR) is 89.9 cm³/mol. The van der Waals surface area contributed by atoms with E-state index in [4.69, 9.17) is 16.1 Å². The van der Waals surface area contributed by atoms with E-state index in [9.17, 15) is 12.8 Å². The predicted octanol–water partition coefficient (Wildman–Crippen LogP) is 3.32. The minimum absolute atomic E-state index is 0.0381. The molecule has 3 rings (SSSR count). The summed E-state index contributed by atoms with van der Waals surface area (Å²) in [6.45, 7) is 1.31. The zero-order valence-corrected chi connectivity index (χ0v) is 14.6. The Labute approximate surface area is 148 Å². The number of nitrogens with one attached hydrogen (secondary N) is 1. The quantitative estimate of drug-likeness (QED) is 0.732. The molecule has 9 heteroatoms. The van der Waals surface area contributed by atoms with Crippen molar-refractivity contribution in [2.45, 2.75) is 18.4 Å². The van der Waals surface area contributed by atoms with Gasteiger partial charge < -0.3 is 4.52 Å². The number of hydrogen-bond donors (Lipinski definition) is 1. The van der Waals surface area contributed by atoms with Crippen molar-refractivity contribution < 1.29 is 17.3 Å². The Morgan fingerprint density at radius 3 is 2.60 bits per heavy atom. The van der Waals surface area contributed by atoms with E-state index in [-0.39, 0.29) is 22.9 Å². The van der Waals surface area contributed by atoms with Crippen LogP contribution in [0.25, 0.3) is 11.4 Å². The number of halogens is 2. The number of nitrogens with zero attached hydrogens (tertiary/aromatic N) is 2. The van der Waals surface area contributed by atoms with Crippen molar-refractivity contribution in [1.29, 1.82) is 0 Å². The Hall–Kier alpha value is -2.29. The third-order valence-electron chi connectivity index (χ3n) is 3.42. The summed E-state index contributed by atoms with van der Waals surface area (Å²) < 4.78 is 45.1. The SMILES string of the molecule is Cc1cc(S(=O)(=O)NCc2nc(-c3ccc(Cl)cc3)no2)ccc1F. The minimum Gasteiger partial charge on any atom is -0.338 e. The average Bonchev–Trinajstić information content (AvgIpc) is 3.05. The molecule has 0 aliphatic carbocycles. The molecule has 6 nitrogen and oxygen atoms in total. The lowest BCUT2D eigenvalue weighted by Gasteiger charge is -2.05. The van der Waals surface area contributed by atoms with E-state index in [0.717, 1.165) is 6.07 Å². The molecule has 130 valence electrons. The highest BCUT2D eigenvalue weighted by molar-refractivity contribution is 7.89. The van der Waals surface area contributed by atoms with Gasteiger partial charge in [-0.15, -0.1) is 0 Å². The van der Waals surface area contributed by atoms with Crippen LogP contribution in [-0.4, -0.2) is 18.6 Å². The number of sulfonamides is 1. The number of benzene rings is 2. The lowest BCUT2D eigenvalue weighted by atomic mass is 10.2. The number of aryl methyl sites for hydroxylation is 1. The molecule has 3 aromatic rings. The van der Waals surface area contributed by atoms with Gasteiger partial charge in [0.25, 0.3) is 0 Å². The second kappa shape index (κ2) is 6.91. The summed E-state index contributed by atoms with van der Waals surface area (Å²) in [4.78, 5) is 4.09. The van der Waals surface area contributed by atoms with Gasteiger partial charge in [0.05, 0.1) is 11.4 Å². The molecule has 0 saturated carbocycles. The van der Waals surface area contributed by atoms with Crippen molar-refractivity contribution in [3.05, 3.63) is 64.8 Å². The Balaban J connectivity index is 1.73. The van der Waals surface area contributed by atoms with E-state index in [2.05, 4.69) is 14.9 Å². The smallest absolute Gasteiger partial charge is 0.242 e. The Morgan fingerprint density at radius 2 is 1.92 bits per heavy atom. The van der Waals surface area contributed by atoms with Crippen molar-refractivity contribution in [1.82, 2.24) is 14.9 Å². The monoisotopic (exact) mass is 381 g/mol. The number of hydrogen-bond acceptors (Lipinski definition) is 5. The van der Waals surface area contributed by atoms with Crippen LogP contribution in [0.5, 0.6) is 0 Å². The fourth-order valence-electron chi connectivity index (χ4n) is 2.07. The topological polar surface area (TPSA) is 85.1 Å². The zero-order chi connectivity index (χ0) is 18.0. The second-order valence-corrected chi connectivity index (χ2v) is 7.46. The zero-order valence-electron chi connectivity index (χ0n) is 13.0. The Kier molecular flexibility index (Phi) is 4.85.